The van der Waals surface area contributed by atoms with Crippen LogP contribution in [-0.4, -0.2) is 10.1 Å². The lowest BCUT2D eigenvalue weighted by Gasteiger charge is -2.29. The topological polar surface area (TPSA) is 42.4 Å². The third-order valence-corrected chi connectivity index (χ3v) is 3.58. The summed E-state index contributed by atoms with van der Waals surface area (Å²) in [6.45, 7) is 1.94. The molecule has 4 heteroatoms. The van der Waals surface area contributed by atoms with Gasteiger partial charge in [-0.25, -0.2) is 0 Å². The molecule has 3 rings (SSSR count). The molecular formula is C15H14ClNO2. The molecule has 2 heterocycles. The standard InChI is InChI=1S/C15H14ClNO2/c1-9-2-3-10(8-17-9)15-7-13(18)12-6-11(16)4-5-14(12)19-15/h2-6,8,13,15,18H,7H2,1H3/t13-,15?/m0/s1. The summed E-state index contributed by atoms with van der Waals surface area (Å²) in [6.07, 6.45) is 1.58. The van der Waals surface area contributed by atoms with Crippen molar-refractivity contribution in [3.8, 4) is 5.75 Å². The van der Waals surface area contributed by atoms with Crippen LogP contribution in [0.5, 0.6) is 5.75 Å². The Morgan fingerprint density at radius 2 is 2.16 bits per heavy atom. The van der Waals surface area contributed by atoms with E-state index >= 15 is 0 Å². The predicted octanol–water partition coefficient (Wildman–Crippen LogP) is 3.60. The van der Waals surface area contributed by atoms with Gasteiger partial charge in [-0.3, -0.25) is 4.98 Å². The summed E-state index contributed by atoms with van der Waals surface area (Å²) < 4.78 is 5.92. The molecule has 2 aromatic rings. The minimum atomic E-state index is -0.561. The lowest BCUT2D eigenvalue weighted by Crippen LogP contribution is -2.19. The van der Waals surface area contributed by atoms with Gasteiger partial charge in [0.25, 0.3) is 0 Å². The van der Waals surface area contributed by atoms with E-state index in [0.29, 0.717) is 17.2 Å². The van der Waals surface area contributed by atoms with Gasteiger partial charge in [-0.15, -0.1) is 0 Å². The maximum atomic E-state index is 10.2. The van der Waals surface area contributed by atoms with Gasteiger partial charge in [-0.2, -0.15) is 0 Å². The van der Waals surface area contributed by atoms with Crippen LogP contribution in [0.2, 0.25) is 5.02 Å². The molecule has 0 spiro atoms. The Balaban J connectivity index is 1.92. The molecule has 0 radical (unpaired) electrons. The van der Waals surface area contributed by atoms with E-state index in [9.17, 15) is 5.11 Å². The molecule has 0 fully saturated rings. The summed E-state index contributed by atoms with van der Waals surface area (Å²) in [5.41, 5.74) is 2.70. The summed E-state index contributed by atoms with van der Waals surface area (Å²) in [6, 6.07) is 9.26. The lowest BCUT2D eigenvalue weighted by molar-refractivity contribution is 0.0656. The fourth-order valence-electron chi connectivity index (χ4n) is 2.29. The average molecular weight is 276 g/mol. The Morgan fingerprint density at radius 1 is 1.32 bits per heavy atom. The second-order valence-corrected chi connectivity index (χ2v) is 5.21. The van der Waals surface area contributed by atoms with Crippen LogP contribution in [0.1, 0.15) is 35.4 Å². The zero-order valence-electron chi connectivity index (χ0n) is 10.5. The molecule has 3 nitrogen and oxygen atoms in total. The van der Waals surface area contributed by atoms with Gasteiger partial charge >= 0.3 is 0 Å². The highest BCUT2D eigenvalue weighted by Gasteiger charge is 2.28. The van der Waals surface area contributed by atoms with Crippen molar-refractivity contribution >= 4 is 11.6 Å². The van der Waals surface area contributed by atoms with Crippen LogP contribution in [0.25, 0.3) is 0 Å². The highest BCUT2D eigenvalue weighted by atomic mass is 35.5. The Kier molecular flexibility index (Phi) is 3.17. The number of ether oxygens (including phenoxy) is 1. The first-order chi connectivity index (χ1) is 9.13. The first-order valence-corrected chi connectivity index (χ1v) is 6.58. The third kappa shape index (κ3) is 2.44. The molecular weight excluding hydrogens is 262 g/mol. The van der Waals surface area contributed by atoms with Crippen molar-refractivity contribution in [2.24, 2.45) is 0 Å². The van der Waals surface area contributed by atoms with Crippen LogP contribution in [-0.2, 0) is 0 Å². The predicted molar refractivity (Wildman–Crippen MR) is 73.4 cm³/mol. The molecule has 1 aliphatic heterocycles. The van der Waals surface area contributed by atoms with E-state index in [-0.39, 0.29) is 6.10 Å². The Labute approximate surface area is 116 Å². The minimum Gasteiger partial charge on any atom is -0.485 e. The molecule has 0 bridgehead atoms. The lowest BCUT2D eigenvalue weighted by atomic mass is 9.96. The van der Waals surface area contributed by atoms with Gasteiger partial charge < -0.3 is 9.84 Å². The van der Waals surface area contributed by atoms with Crippen molar-refractivity contribution in [3.05, 3.63) is 58.4 Å². The van der Waals surface area contributed by atoms with E-state index in [4.69, 9.17) is 16.3 Å². The van der Waals surface area contributed by atoms with Crippen LogP contribution in [0.4, 0.5) is 0 Å². The smallest absolute Gasteiger partial charge is 0.128 e. The largest absolute Gasteiger partial charge is 0.485 e. The minimum absolute atomic E-state index is 0.170. The van der Waals surface area contributed by atoms with E-state index < -0.39 is 6.10 Å². The van der Waals surface area contributed by atoms with E-state index in [2.05, 4.69) is 4.98 Å². The molecule has 0 saturated carbocycles. The first-order valence-electron chi connectivity index (χ1n) is 6.20. The van der Waals surface area contributed by atoms with Crippen molar-refractivity contribution < 1.29 is 9.84 Å². The highest BCUT2D eigenvalue weighted by Crippen LogP contribution is 2.41. The molecule has 98 valence electrons. The second kappa shape index (κ2) is 4.83. The number of aryl methyl sites for hydroxylation is 1. The number of hydrogen-bond donors (Lipinski definition) is 1. The maximum Gasteiger partial charge on any atom is 0.128 e. The Morgan fingerprint density at radius 3 is 2.89 bits per heavy atom. The molecule has 0 amide bonds. The van der Waals surface area contributed by atoms with E-state index in [1.807, 2.05) is 19.1 Å². The quantitative estimate of drug-likeness (QED) is 0.865. The van der Waals surface area contributed by atoms with Gasteiger partial charge in [-0.1, -0.05) is 17.7 Å². The average Bonchev–Trinajstić information content (AvgIpc) is 2.40. The maximum absolute atomic E-state index is 10.2. The van der Waals surface area contributed by atoms with Gasteiger partial charge in [0.15, 0.2) is 0 Å². The number of aliphatic hydroxyl groups is 1. The molecule has 1 aliphatic rings. The SMILES string of the molecule is Cc1ccc(C2C[C@H](O)c3cc(Cl)ccc3O2)cn1. The van der Waals surface area contributed by atoms with Gasteiger partial charge in [0.1, 0.15) is 11.9 Å². The van der Waals surface area contributed by atoms with Crippen LogP contribution >= 0.6 is 11.6 Å². The summed E-state index contributed by atoms with van der Waals surface area (Å²) in [4.78, 5) is 4.27. The molecule has 1 N–H and O–H groups in total. The summed E-state index contributed by atoms with van der Waals surface area (Å²) in [7, 11) is 0. The summed E-state index contributed by atoms with van der Waals surface area (Å²) >= 11 is 5.94. The van der Waals surface area contributed by atoms with Crippen molar-refractivity contribution in [2.75, 3.05) is 0 Å². The van der Waals surface area contributed by atoms with Crippen molar-refractivity contribution in [1.82, 2.24) is 4.98 Å². The number of benzene rings is 1. The fourth-order valence-corrected chi connectivity index (χ4v) is 2.47. The van der Waals surface area contributed by atoms with Gasteiger partial charge in [0.05, 0.1) is 6.10 Å². The number of aliphatic hydroxyl groups excluding tert-OH is 1. The molecule has 1 aromatic heterocycles. The molecule has 1 aromatic carbocycles. The Hall–Kier alpha value is -1.58. The number of nitrogens with zero attached hydrogens (tertiary/aromatic N) is 1. The van der Waals surface area contributed by atoms with E-state index in [1.165, 1.54) is 0 Å². The number of halogens is 1. The van der Waals surface area contributed by atoms with E-state index in [0.717, 1.165) is 16.8 Å². The Bertz CT molecular complexity index is 598. The molecule has 0 aliphatic carbocycles. The third-order valence-electron chi connectivity index (χ3n) is 3.34. The van der Waals surface area contributed by atoms with Crippen molar-refractivity contribution in [1.29, 1.82) is 0 Å². The number of aromatic nitrogens is 1. The second-order valence-electron chi connectivity index (χ2n) is 4.77. The zero-order valence-corrected chi connectivity index (χ0v) is 11.3. The van der Waals surface area contributed by atoms with Crippen LogP contribution in [0.15, 0.2) is 36.5 Å². The number of hydrogen-bond acceptors (Lipinski definition) is 3. The molecule has 2 atom stereocenters. The molecule has 19 heavy (non-hydrogen) atoms. The van der Waals surface area contributed by atoms with Crippen molar-refractivity contribution in [2.45, 2.75) is 25.6 Å². The highest BCUT2D eigenvalue weighted by molar-refractivity contribution is 6.30. The van der Waals surface area contributed by atoms with E-state index in [1.54, 1.807) is 24.4 Å². The number of fused-ring (bicyclic) bond motifs is 1. The van der Waals surface area contributed by atoms with Crippen LogP contribution in [0.3, 0.4) is 0 Å². The van der Waals surface area contributed by atoms with Crippen LogP contribution in [0, 0.1) is 6.92 Å². The first kappa shape index (κ1) is 12.5. The van der Waals surface area contributed by atoms with Gasteiger partial charge in [0.2, 0.25) is 0 Å². The van der Waals surface area contributed by atoms with Crippen LogP contribution < -0.4 is 4.74 Å². The summed E-state index contributed by atoms with van der Waals surface area (Å²) in [5, 5.41) is 10.8. The normalized spacial score (nSPS) is 21.6. The van der Waals surface area contributed by atoms with Gasteiger partial charge in [0, 0.05) is 34.5 Å². The monoisotopic (exact) mass is 275 g/mol. The number of rotatable bonds is 1. The molecule has 1 unspecified atom stereocenters. The zero-order chi connectivity index (χ0) is 13.4. The number of pyridine rings is 1. The van der Waals surface area contributed by atoms with Gasteiger partial charge in [-0.05, 0) is 31.2 Å². The fraction of sp³-hybridized carbons (Fsp3) is 0.267. The van der Waals surface area contributed by atoms with Crippen molar-refractivity contribution in [3.63, 3.8) is 0 Å². The summed E-state index contributed by atoms with van der Waals surface area (Å²) in [5.74, 6) is 0.689. The molecule has 0 saturated heterocycles.